The van der Waals surface area contributed by atoms with Gasteiger partial charge in [-0.05, 0) is 62.4 Å². The lowest BCUT2D eigenvalue weighted by Gasteiger charge is -2.39. The molecular weight excluding hydrogens is 398 g/mol. The summed E-state index contributed by atoms with van der Waals surface area (Å²) in [6, 6.07) is 16.6. The molecule has 4 rings (SSSR count). The minimum atomic E-state index is -0.216. The number of rotatable bonds is 6. The molecule has 0 radical (unpaired) electrons. The van der Waals surface area contributed by atoms with Crippen molar-refractivity contribution >= 4 is 23.4 Å². The van der Waals surface area contributed by atoms with Gasteiger partial charge in [0.05, 0.1) is 6.54 Å². The van der Waals surface area contributed by atoms with Gasteiger partial charge in [0.25, 0.3) is 5.91 Å². The third-order valence-corrected chi connectivity index (χ3v) is 6.47. The largest absolute Gasteiger partial charge is 0.352 e. The van der Waals surface area contributed by atoms with Crippen molar-refractivity contribution in [3.63, 3.8) is 0 Å². The molecule has 2 saturated heterocycles. The lowest BCUT2D eigenvalue weighted by atomic mass is 9.96. The molecule has 0 aliphatic carbocycles. The molecule has 6 heteroatoms. The molecule has 0 aromatic heterocycles. The molecule has 0 saturated carbocycles. The summed E-state index contributed by atoms with van der Waals surface area (Å²) in [5, 5.41) is 6.62. The van der Waals surface area contributed by atoms with E-state index in [4.69, 9.17) is 11.6 Å². The summed E-state index contributed by atoms with van der Waals surface area (Å²) in [4.78, 5) is 27.2. The highest BCUT2D eigenvalue weighted by Gasteiger charge is 2.40. The fourth-order valence-corrected chi connectivity index (χ4v) is 4.90. The first-order valence-corrected chi connectivity index (χ1v) is 11.0. The van der Waals surface area contributed by atoms with Crippen LogP contribution < -0.4 is 10.6 Å². The van der Waals surface area contributed by atoms with Gasteiger partial charge in [-0.2, -0.15) is 0 Å². The van der Waals surface area contributed by atoms with Crippen molar-refractivity contribution in [1.82, 2.24) is 15.5 Å². The van der Waals surface area contributed by atoms with Crippen molar-refractivity contribution in [3.05, 3.63) is 70.2 Å². The number of fused-ring (bicyclic) bond motifs is 2. The highest BCUT2D eigenvalue weighted by Crippen LogP contribution is 2.36. The number of aryl methyl sites for hydroxylation is 1. The molecule has 2 amide bonds. The number of piperidine rings is 1. The lowest BCUT2D eigenvalue weighted by molar-refractivity contribution is -0.121. The first-order chi connectivity index (χ1) is 14.5. The first-order valence-electron chi connectivity index (χ1n) is 10.6. The molecular formula is C24H28ClN3O2. The Kier molecular flexibility index (Phi) is 6.40. The van der Waals surface area contributed by atoms with Crippen LogP contribution in [0.3, 0.4) is 0 Å². The molecule has 2 aromatic rings. The standard InChI is InChI=1S/C24H28ClN3O2/c1-16-3-2-4-18(11-16)24(30)26-14-23(29)27-20-12-21-9-10-22(13-20)28(21)15-17-5-7-19(25)8-6-17/h2-8,11,20-22H,9-10,12-15H2,1H3,(H,26,30)(H,27,29)/t20?,21-,22+. The second-order valence-electron chi connectivity index (χ2n) is 8.47. The van der Waals surface area contributed by atoms with Crippen LogP contribution in [0.15, 0.2) is 48.5 Å². The summed E-state index contributed by atoms with van der Waals surface area (Å²) in [5.41, 5.74) is 2.88. The normalized spacial score (nSPS) is 23.2. The summed E-state index contributed by atoms with van der Waals surface area (Å²) in [6.07, 6.45) is 4.27. The Morgan fingerprint density at radius 2 is 1.77 bits per heavy atom. The second-order valence-corrected chi connectivity index (χ2v) is 8.91. The molecule has 3 atom stereocenters. The first kappa shape index (κ1) is 20.9. The molecule has 2 bridgehead atoms. The molecule has 2 N–H and O–H groups in total. The van der Waals surface area contributed by atoms with E-state index in [1.165, 1.54) is 18.4 Å². The van der Waals surface area contributed by atoms with Crippen LogP contribution in [0.2, 0.25) is 5.02 Å². The number of hydrogen-bond acceptors (Lipinski definition) is 3. The van der Waals surface area contributed by atoms with E-state index < -0.39 is 0 Å². The topological polar surface area (TPSA) is 61.4 Å². The zero-order valence-electron chi connectivity index (χ0n) is 17.2. The smallest absolute Gasteiger partial charge is 0.251 e. The summed E-state index contributed by atoms with van der Waals surface area (Å²) in [5.74, 6) is -0.335. The van der Waals surface area contributed by atoms with E-state index in [-0.39, 0.29) is 24.4 Å². The van der Waals surface area contributed by atoms with Gasteiger partial charge >= 0.3 is 0 Å². The molecule has 2 aliphatic heterocycles. The van der Waals surface area contributed by atoms with Crippen molar-refractivity contribution in [3.8, 4) is 0 Å². The third-order valence-electron chi connectivity index (χ3n) is 6.22. The van der Waals surface area contributed by atoms with Gasteiger partial charge in [-0.1, -0.05) is 41.4 Å². The van der Waals surface area contributed by atoms with Gasteiger partial charge in [0, 0.05) is 35.3 Å². The third kappa shape index (κ3) is 5.02. The number of nitrogens with one attached hydrogen (secondary N) is 2. The van der Waals surface area contributed by atoms with Gasteiger partial charge in [0.15, 0.2) is 0 Å². The van der Waals surface area contributed by atoms with Crippen LogP contribution in [0, 0.1) is 6.92 Å². The predicted octanol–water partition coefficient (Wildman–Crippen LogP) is 3.69. The maximum atomic E-state index is 12.4. The van der Waals surface area contributed by atoms with Crippen molar-refractivity contribution in [2.45, 2.75) is 57.3 Å². The summed E-state index contributed by atoms with van der Waals surface area (Å²) >= 11 is 6.00. The number of amides is 2. The van der Waals surface area contributed by atoms with Crippen LogP contribution in [0.4, 0.5) is 0 Å². The SMILES string of the molecule is Cc1cccc(C(=O)NCC(=O)NC2C[C@H]3CC[C@@H](C2)N3Cc2ccc(Cl)cc2)c1. The highest BCUT2D eigenvalue weighted by atomic mass is 35.5. The van der Waals surface area contributed by atoms with Crippen molar-refractivity contribution < 1.29 is 9.59 Å². The van der Waals surface area contributed by atoms with E-state index in [9.17, 15) is 9.59 Å². The van der Waals surface area contributed by atoms with Crippen LogP contribution >= 0.6 is 11.6 Å². The van der Waals surface area contributed by atoms with Crippen molar-refractivity contribution in [2.24, 2.45) is 0 Å². The zero-order valence-corrected chi connectivity index (χ0v) is 18.0. The van der Waals surface area contributed by atoms with E-state index in [1.807, 2.05) is 37.3 Å². The van der Waals surface area contributed by atoms with Crippen molar-refractivity contribution in [1.29, 1.82) is 0 Å². The minimum Gasteiger partial charge on any atom is -0.352 e. The Morgan fingerprint density at radius 3 is 2.43 bits per heavy atom. The Hall–Kier alpha value is -2.37. The summed E-state index contributed by atoms with van der Waals surface area (Å²) in [6.45, 7) is 2.88. The number of carbonyl (C=O) groups is 2. The molecule has 158 valence electrons. The fraction of sp³-hybridized carbons (Fsp3) is 0.417. The maximum absolute atomic E-state index is 12.4. The van der Waals surface area contributed by atoms with Gasteiger partial charge < -0.3 is 10.6 Å². The average Bonchev–Trinajstić information content (AvgIpc) is 2.95. The number of nitrogens with zero attached hydrogens (tertiary/aromatic N) is 1. The van der Waals surface area contributed by atoms with E-state index in [1.54, 1.807) is 6.07 Å². The van der Waals surface area contributed by atoms with Crippen LogP contribution in [0.25, 0.3) is 0 Å². The number of benzene rings is 2. The van der Waals surface area contributed by atoms with Crippen LogP contribution in [-0.2, 0) is 11.3 Å². The van der Waals surface area contributed by atoms with Gasteiger partial charge in [-0.15, -0.1) is 0 Å². The van der Waals surface area contributed by atoms with Gasteiger partial charge in [0.1, 0.15) is 0 Å². The predicted molar refractivity (Wildman–Crippen MR) is 118 cm³/mol. The molecule has 2 fully saturated rings. The molecule has 2 aromatic carbocycles. The second kappa shape index (κ2) is 9.19. The Bertz CT molecular complexity index is 901. The van der Waals surface area contributed by atoms with Crippen LogP contribution in [0.1, 0.15) is 47.2 Å². The lowest BCUT2D eigenvalue weighted by Crippen LogP contribution is -2.51. The van der Waals surface area contributed by atoms with E-state index in [2.05, 4.69) is 27.7 Å². The summed E-state index contributed by atoms with van der Waals surface area (Å²) < 4.78 is 0. The van der Waals surface area contributed by atoms with Crippen LogP contribution in [0.5, 0.6) is 0 Å². The van der Waals surface area contributed by atoms with E-state index in [0.29, 0.717) is 17.6 Å². The van der Waals surface area contributed by atoms with Crippen molar-refractivity contribution in [2.75, 3.05) is 6.54 Å². The number of halogens is 1. The molecule has 1 unspecified atom stereocenters. The van der Waals surface area contributed by atoms with E-state index in [0.717, 1.165) is 30.0 Å². The summed E-state index contributed by atoms with van der Waals surface area (Å²) in [7, 11) is 0. The highest BCUT2D eigenvalue weighted by molar-refractivity contribution is 6.30. The van der Waals surface area contributed by atoms with Crippen LogP contribution in [-0.4, -0.2) is 41.4 Å². The monoisotopic (exact) mass is 425 g/mol. The Morgan fingerprint density at radius 1 is 1.07 bits per heavy atom. The number of hydrogen-bond donors (Lipinski definition) is 2. The van der Waals surface area contributed by atoms with E-state index >= 15 is 0 Å². The molecule has 30 heavy (non-hydrogen) atoms. The minimum absolute atomic E-state index is 0.00704. The number of carbonyl (C=O) groups excluding carboxylic acids is 2. The Balaban J connectivity index is 1.26. The van der Waals surface area contributed by atoms with Gasteiger partial charge in [-0.3, -0.25) is 14.5 Å². The Labute approximate surface area is 182 Å². The zero-order chi connectivity index (χ0) is 21.1. The average molecular weight is 426 g/mol. The molecule has 2 heterocycles. The molecule has 0 spiro atoms. The fourth-order valence-electron chi connectivity index (χ4n) is 4.78. The molecule has 5 nitrogen and oxygen atoms in total. The van der Waals surface area contributed by atoms with Gasteiger partial charge in [0.2, 0.25) is 5.91 Å². The molecule has 2 aliphatic rings. The maximum Gasteiger partial charge on any atom is 0.251 e. The van der Waals surface area contributed by atoms with Gasteiger partial charge in [-0.25, -0.2) is 0 Å². The quantitative estimate of drug-likeness (QED) is 0.742.